The fraction of sp³-hybridized carbons (Fsp3) is 1.00. The molecular formula is C9H22N2O3S. The molecule has 0 aliphatic carbocycles. The Bertz CT molecular complexity index is 265. The van der Waals surface area contributed by atoms with E-state index in [4.69, 9.17) is 10.8 Å². The lowest BCUT2D eigenvalue weighted by atomic mass is 10.3. The number of nitrogens with zero attached hydrogens (tertiary/aromatic N) is 1. The first-order valence-corrected chi connectivity index (χ1v) is 6.69. The van der Waals surface area contributed by atoms with Crippen LogP contribution in [0.5, 0.6) is 0 Å². The van der Waals surface area contributed by atoms with Gasteiger partial charge in [0.2, 0.25) is 10.0 Å². The predicted octanol–water partition coefficient (Wildman–Crippen LogP) is -0.244. The highest BCUT2D eigenvalue weighted by atomic mass is 32.2. The molecule has 0 fully saturated rings. The van der Waals surface area contributed by atoms with Crippen molar-refractivity contribution >= 4 is 10.0 Å². The average Bonchev–Trinajstić information content (AvgIpc) is 2.16. The molecular weight excluding hydrogens is 216 g/mol. The summed E-state index contributed by atoms with van der Waals surface area (Å²) >= 11 is 0. The van der Waals surface area contributed by atoms with Crippen molar-refractivity contribution in [2.45, 2.75) is 38.5 Å². The summed E-state index contributed by atoms with van der Waals surface area (Å²) in [4.78, 5) is 0. The second-order valence-corrected chi connectivity index (χ2v) is 6.18. The smallest absolute Gasteiger partial charge is 0.218 e. The Labute approximate surface area is 92.3 Å². The van der Waals surface area contributed by atoms with Gasteiger partial charge in [-0.15, -0.1) is 0 Å². The molecule has 0 saturated carbocycles. The van der Waals surface area contributed by atoms with E-state index in [1.807, 2.05) is 13.8 Å². The Morgan fingerprint density at radius 3 is 2.20 bits per heavy atom. The van der Waals surface area contributed by atoms with Gasteiger partial charge in [-0.05, 0) is 27.2 Å². The summed E-state index contributed by atoms with van der Waals surface area (Å²) in [5.41, 5.74) is 5.37. The van der Waals surface area contributed by atoms with Crippen LogP contribution in [0.15, 0.2) is 0 Å². The van der Waals surface area contributed by atoms with E-state index >= 15 is 0 Å². The zero-order chi connectivity index (χ0) is 12.1. The van der Waals surface area contributed by atoms with Crippen molar-refractivity contribution in [2.24, 2.45) is 5.73 Å². The molecule has 15 heavy (non-hydrogen) atoms. The van der Waals surface area contributed by atoms with Gasteiger partial charge in [-0.25, -0.2) is 8.42 Å². The fourth-order valence-corrected chi connectivity index (χ4v) is 2.94. The molecule has 0 rings (SSSR count). The highest BCUT2D eigenvalue weighted by Crippen LogP contribution is 2.12. The van der Waals surface area contributed by atoms with Crippen molar-refractivity contribution in [3.05, 3.63) is 0 Å². The van der Waals surface area contributed by atoms with Crippen LogP contribution in [0.3, 0.4) is 0 Å². The SMILES string of the molecule is CC(C)N(CCCO)S(=O)(=O)C(C)CN. The van der Waals surface area contributed by atoms with Gasteiger partial charge in [-0.1, -0.05) is 0 Å². The lowest BCUT2D eigenvalue weighted by Gasteiger charge is -2.28. The molecule has 0 bridgehead atoms. The molecule has 5 nitrogen and oxygen atoms in total. The summed E-state index contributed by atoms with van der Waals surface area (Å²) in [6.07, 6.45) is 0.453. The Kier molecular flexibility index (Phi) is 6.35. The van der Waals surface area contributed by atoms with Gasteiger partial charge in [0.25, 0.3) is 0 Å². The Morgan fingerprint density at radius 1 is 1.33 bits per heavy atom. The third-order valence-corrected chi connectivity index (χ3v) is 4.75. The highest BCUT2D eigenvalue weighted by molar-refractivity contribution is 7.89. The van der Waals surface area contributed by atoms with E-state index < -0.39 is 15.3 Å². The van der Waals surface area contributed by atoms with Crippen LogP contribution >= 0.6 is 0 Å². The van der Waals surface area contributed by atoms with Crippen LogP contribution in [-0.2, 0) is 10.0 Å². The molecule has 1 atom stereocenters. The van der Waals surface area contributed by atoms with E-state index in [1.165, 1.54) is 4.31 Å². The number of rotatable bonds is 7. The van der Waals surface area contributed by atoms with Gasteiger partial charge in [0.1, 0.15) is 0 Å². The maximum absolute atomic E-state index is 12.0. The third-order valence-electron chi connectivity index (χ3n) is 2.28. The van der Waals surface area contributed by atoms with E-state index in [1.54, 1.807) is 6.92 Å². The van der Waals surface area contributed by atoms with Gasteiger partial charge in [-0.2, -0.15) is 4.31 Å². The van der Waals surface area contributed by atoms with E-state index in [0.29, 0.717) is 13.0 Å². The normalized spacial score (nSPS) is 14.9. The van der Waals surface area contributed by atoms with Crippen molar-refractivity contribution < 1.29 is 13.5 Å². The molecule has 6 heteroatoms. The van der Waals surface area contributed by atoms with Crippen molar-refractivity contribution in [3.8, 4) is 0 Å². The predicted molar refractivity (Wildman–Crippen MR) is 61.0 cm³/mol. The molecule has 92 valence electrons. The summed E-state index contributed by atoms with van der Waals surface area (Å²) in [5.74, 6) is 0. The summed E-state index contributed by atoms with van der Waals surface area (Å²) < 4.78 is 25.4. The summed E-state index contributed by atoms with van der Waals surface area (Å²) in [6, 6.07) is -0.101. The molecule has 0 aromatic heterocycles. The Morgan fingerprint density at radius 2 is 1.87 bits per heavy atom. The first kappa shape index (κ1) is 14.8. The zero-order valence-corrected chi connectivity index (χ0v) is 10.5. The standard InChI is InChI=1S/C9H22N2O3S/c1-8(2)11(5-4-6-12)15(13,14)9(3)7-10/h8-9,12H,4-7,10H2,1-3H3. The molecule has 0 radical (unpaired) electrons. The fourth-order valence-electron chi connectivity index (χ4n) is 1.26. The molecule has 0 aliphatic heterocycles. The van der Waals surface area contributed by atoms with E-state index in [-0.39, 0.29) is 19.2 Å². The lowest BCUT2D eigenvalue weighted by Crippen LogP contribution is -2.45. The maximum Gasteiger partial charge on any atom is 0.218 e. The molecule has 0 amide bonds. The quantitative estimate of drug-likeness (QED) is 0.641. The first-order valence-electron chi connectivity index (χ1n) is 5.19. The van der Waals surface area contributed by atoms with E-state index in [9.17, 15) is 8.42 Å². The van der Waals surface area contributed by atoms with Gasteiger partial charge in [-0.3, -0.25) is 0 Å². The highest BCUT2D eigenvalue weighted by Gasteiger charge is 2.29. The Balaban J connectivity index is 4.75. The summed E-state index contributed by atoms with van der Waals surface area (Å²) in [6.45, 7) is 5.70. The first-order chi connectivity index (χ1) is 6.87. The van der Waals surface area contributed by atoms with E-state index in [2.05, 4.69) is 0 Å². The molecule has 1 unspecified atom stereocenters. The van der Waals surface area contributed by atoms with Gasteiger partial charge in [0.15, 0.2) is 0 Å². The molecule has 0 saturated heterocycles. The number of nitrogens with two attached hydrogens (primary N) is 1. The van der Waals surface area contributed by atoms with E-state index in [0.717, 1.165) is 0 Å². The van der Waals surface area contributed by atoms with Gasteiger partial charge >= 0.3 is 0 Å². The third kappa shape index (κ3) is 4.06. The van der Waals surface area contributed by atoms with Crippen molar-refractivity contribution in [1.29, 1.82) is 0 Å². The van der Waals surface area contributed by atoms with Gasteiger partial charge in [0.05, 0.1) is 5.25 Å². The molecule has 0 aromatic rings. The number of sulfonamides is 1. The second kappa shape index (κ2) is 6.42. The molecule has 0 heterocycles. The summed E-state index contributed by atoms with van der Waals surface area (Å²) in [7, 11) is -3.33. The van der Waals surface area contributed by atoms with Crippen LogP contribution < -0.4 is 5.73 Å². The maximum atomic E-state index is 12.0. The largest absolute Gasteiger partial charge is 0.396 e. The van der Waals surface area contributed by atoms with Crippen LogP contribution in [0.25, 0.3) is 0 Å². The molecule has 0 aromatic carbocycles. The minimum absolute atomic E-state index is 0.00422. The van der Waals surface area contributed by atoms with Crippen LogP contribution in [0.4, 0.5) is 0 Å². The van der Waals surface area contributed by atoms with Crippen LogP contribution in [0, 0.1) is 0 Å². The van der Waals surface area contributed by atoms with Crippen molar-refractivity contribution in [2.75, 3.05) is 19.7 Å². The number of aliphatic hydroxyl groups is 1. The minimum Gasteiger partial charge on any atom is -0.396 e. The molecule has 3 N–H and O–H groups in total. The lowest BCUT2D eigenvalue weighted by molar-refractivity contribution is 0.257. The molecule has 0 spiro atoms. The van der Waals surface area contributed by atoms with Crippen molar-refractivity contribution in [3.63, 3.8) is 0 Å². The topological polar surface area (TPSA) is 83.6 Å². The van der Waals surface area contributed by atoms with Crippen molar-refractivity contribution in [1.82, 2.24) is 4.31 Å². The second-order valence-electron chi connectivity index (χ2n) is 3.87. The van der Waals surface area contributed by atoms with Crippen LogP contribution in [-0.4, -0.2) is 48.8 Å². The minimum atomic E-state index is -3.33. The number of hydrogen-bond acceptors (Lipinski definition) is 4. The van der Waals surface area contributed by atoms with Gasteiger partial charge < -0.3 is 10.8 Å². The monoisotopic (exact) mass is 238 g/mol. The van der Waals surface area contributed by atoms with Crippen LogP contribution in [0.1, 0.15) is 27.2 Å². The van der Waals surface area contributed by atoms with Gasteiger partial charge in [0, 0.05) is 25.7 Å². The average molecular weight is 238 g/mol. The van der Waals surface area contributed by atoms with Crippen LogP contribution in [0.2, 0.25) is 0 Å². The summed E-state index contributed by atoms with van der Waals surface area (Å²) in [5, 5.41) is 8.14. The Hall–Kier alpha value is -0.170. The number of hydrogen-bond donors (Lipinski definition) is 2. The zero-order valence-electron chi connectivity index (χ0n) is 9.68. The molecule has 0 aliphatic rings. The number of aliphatic hydroxyl groups excluding tert-OH is 1.